The summed E-state index contributed by atoms with van der Waals surface area (Å²) in [6, 6.07) is 9.41. The number of hydrogen-bond donors (Lipinski definition) is 1. The van der Waals surface area contributed by atoms with E-state index in [-0.39, 0.29) is 0 Å². The normalized spacial score (nSPS) is 12.5. The van der Waals surface area contributed by atoms with Crippen LogP contribution in [0.15, 0.2) is 36.7 Å². The maximum absolute atomic E-state index is 4.32. The summed E-state index contributed by atoms with van der Waals surface area (Å²) < 4.78 is 2.22. The molecule has 3 heteroatoms. The number of hydrogen-bond acceptors (Lipinski definition) is 2. The van der Waals surface area contributed by atoms with E-state index >= 15 is 0 Å². The topological polar surface area (TPSA) is 29.9 Å². The molecule has 1 atom stereocenters. The highest BCUT2D eigenvalue weighted by Crippen LogP contribution is 2.18. The fourth-order valence-corrected chi connectivity index (χ4v) is 2.61. The SMILES string of the molecule is CCCNC(Cn1ccnc1C)c1ccc(CCC)cc1. The molecule has 0 saturated carbocycles. The first-order valence-electron chi connectivity index (χ1n) is 8.04. The minimum Gasteiger partial charge on any atom is -0.333 e. The number of nitrogens with one attached hydrogen (secondary N) is 1. The number of nitrogens with zero attached hydrogens (tertiary/aromatic N) is 2. The zero-order valence-corrected chi connectivity index (χ0v) is 13.5. The summed E-state index contributed by atoms with van der Waals surface area (Å²) in [5.41, 5.74) is 2.78. The van der Waals surface area contributed by atoms with Crippen LogP contribution < -0.4 is 5.32 Å². The van der Waals surface area contributed by atoms with Gasteiger partial charge >= 0.3 is 0 Å². The summed E-state index contributed by atoms with van der Waals surface area (Å²) in [4.78, 5) is 4.32. The van der Waals surface area contributed by atoms with Crippen LogP contribution in [-0.2, 0) is 13.0 Å². The molecule has 1 aromatic carbocycles. The highest BCUT2D eigenvalue weighted by Gasteiger charge is 2.12. The molecule has 1 unspecified atom stereocenters. The van der Waals surface area contributed by atoms with Crippen molar-refractivity contribution in [2.24, 2.45) is 0 Å². The van der Waals surface area contributed by atoms with E-state index in [1.165, 1.54) is 17.5 Å². The Bertz CT molecular complexity index is 528. The first kappa shape index (κ1) is 15.8. The zero-order chi connectivity index (χ0) is 15.1. The molecule has 3 nitrogen and oxygen atoms in total. The van der Waals surface area contributed by atoms with E-state index in [0.717, 1.165) is 31.8 Å². The van der Waals surface area contributed by atoms with Gasteiger partial charge in [-0.15, -0.1) is 0 Å². The Balaban J connectivity index is 2.12. The molecule has 0 aliphatic carbocycles. The van der Waals surface area contributed by atoms with Crippen molar-refractivity contribution in [2.45, 2.75) is 52.6 Å². The van der Waals surface area contributed by atoms with Crippen molar-refractivity contribution in [1.82, 2.24) is 14.9 Å². The first-order chi connectivity index (χ1) is 10.2. The molecule has 1 N–H and O–H groups in total. The van der Waals surface area contributed by atoms with E-state index < -0.39 is 0 Å². The quantitative estimate of drug-likeness (QED) is 0.797. The summed E-state index contributed by atoms with van der Waals surface area (Å²) in [5.74, 6) is 1.07. The average molecular weight is 285 g/mol. The third kappa shape index (κ3) is 4.43. The number of rotatable bonds is 8. The third-order valence-corrected chi connectivity index (χ3v) is 3.86. The third-order valence-electron chi connectivity index (χ3n) is 3.86. The molecule has 0 aliphatic rings. The van der Waals surface area contributed by atoms with Crippen LogP contribution in [0.5, 0.6) is 0 Å². The highest BCUT2D eigenvalue weighted by atomic mass is 15.1. The lowest BCUT2D eigenvalue weighted by molar-refractivity contribution is 0.458. The second-order valence-corrected chi connectivity index (χ2v) is 5.63. The van der Waals surface area contributed by atoms with Crippen LogP contribution in [0.1, 0.15) is 49.7 Å². The average Bonchev–Trinajstić information content (AvgIpc) is 2.90. The van der Waals surface area contributed by atoms with E-state index in [4.69, 9.17) is 0 Å². The van der Waals surface area contributed by atoms with Crippen LogP contribution in [0, 0.1) is 6.92 Å². The van der Waals surface area contributed by atoms with Crippen molar-refractivity contribution in [1.29, 1.82) is 0 Å². The summed E-state index contributed by atoms with van der Waals surface area (Å²) in [6.45, 7) is 8.45. The lowest BCUT2D eigenvalue weighted by Gasteiger charge is -2.20. The number of benzene rings is 1. The summed E-state index contributed by atoms with van der Waals surface area (Å²) in [7, 11) is 0. The Morgan fingerprint density at radius 2 is 1.90 bits per heavy atom. The van der Waals surface area contributed by atoms with Crippen LogP contribution in [0.4, 0.5) is 0 Å². The number of aromatic nitrogens is 2. The van der Waals surface area contributed by atoms with E-state index in [2.05, 4.69) is 66.1 Å². The number of imidazole rings is 1. The van der Waals surface area contributed by atoms with Gasteiger partial charge in [-0.3, -0.25) is 0 Å². The molecule has 114 valence electrons. The second kappa shape index (κ2) is 7.99. The molecular formula is C18H27N3. The standard InChI is InChI=1S/C18H27N3/c1-4-6-16-7-9-17(10-8-16)18(20-11-5-2)14-21-13-12-19-15(21)3/h7-10,12-13,18,20H,4-6,11,14H2,1-3H3. The van der Waals surface area contributed by atoms with Gasteiger partial charge in [-0.1, -0.05) is 44.5 Å². The second-order valence-electron chi connectivity index (χ2n) is 5.63. The smallest absolute Gasteiger partial charge is 0.105 e. The van der Waals surface area contributed by atoms with Crippen molar-refractivity contribution in [2.75, 3.05) is 6.54 Å². The Morgan fingerprint density at radius 3 is 2.48 bits per heavy atom. The maximum Gasteiger partial charge on any atom is 0.105 e. The monoisotopic (exact) mass is 285 g/mol. The lowest BCUT2D eigenvalue weighted by atomic mass is 10.0. The molecule has 0 saturated heterocycles. The van der Waals surface area contributed by atoms with Crippen molar-refractivity contribution in [3.05, 3.63) is 53.6 Å². The molecule has 21 heavy (non-hydrogen) atoms. The van der Waals surface area contributed by atoms with Gasteiger partial charge in [-0.25, -0.2) is 4.98 Å². The van der Waals surface area contributed by atoms with E-state index in [0.29, 0.717) is 6.04 Å². The number of aryl methyl sites for hydroxylation is 2. The molecule has 0 spiro atoms. The summed E-state index contributed by atoms with van der Waals surface area (Å²) in [6.07, 6.45) is 7.43. The van der Waals surface area contributed by atoms with Crippen molar-refractivity contribution < 1.29 is 0 Å². The van der Waals surface area contributed by atoms with Gasteiger partial charge in [0.25, 0.3) is 0 Å². The van der Waals surface area contributed by atoms with E-state index in [9.17, 15) is 0 Å². The molecule has 0 aliphatic heterocycles. The van der Waals surface area contributed by atoms with Crippen molar-refractivity contribution in [3.63, 3.8) is 0 Å². The fraction of sp³-hybridized carbons (Fsp3) is 0.500. The minimum absolute atomic E-state index is 0.341. The van der Waals surface area contributed by atoms with Gasteiger partial charge in [-0.2, -0.15) is 0 Å². The predicted octanol–water partition coefficient (Wildman–Crippen LogP) is 3.88. The van der Waals surface area contributed by atoms with Crippen LogP contribution in [0.3, 0.4) is 0 Å². The van der Waals surface area contributed by atoms with Gasteiger partial charge in [0.1, 0.15) is 5.82 Å². The molecule has 2 rings (SSSR count). The van der Waals surface area contributed by atoms with Crippen LogP contribution in [0.2, 0.25) is 0 Å². The Labute approximate surface area is 128 Å². The molecule has 0 fully saturated rings. The molecule has 2 aromatic rings. The fourth-order valence-electron chi connectivity index (χ4n) is 2.61. The Hall–Kier alpha value is -1.61. The highest BCUT2D eigenvalue weighted by molar-refractivity contribution is 5.25. The van der Waals surface area contributed by atoms with Gasteiger partial charge < -0.3 is 9.88 Å². The summed E-state index contributed by atoms with van der Waals surface area (Å²) in [5, 5.41) is 3.65. The molecular weight excluding hydrogens is 258 g/mol. The predicted molar refractivity (Wildman–Crippen MR) is 88.4 cm³/mol. The molecule has 1 aromatic heterocycles. The Morgan fingerprint density at radius 1 is 1.14 bits per heavy atom. The van der Waals surface area contributed by atoms with Gasteiger partial charge in [0.2, 0.25) is 0 Å². The van der Waals surface area contributed by atoms with Crippen LogP contribution in [0.25, 0.3) is 0 Å². The first-order valence-corrected chi connectivity index (χ1v) is 8.04. The molecule has 1 heterocycles. The molecule has 0 radical (unpaired) electrons. The van der Waals surface area contributed by atoms with Gasteiger partial charge in [0, 0.05) is 18.9 Å². The lowest BCUT2D eigenvalue weighted by Crippen LogP contribution is -2.26. The van der Waals surface area contributed by atoms with Crippen molar-refractivity contribution in [3.8, 4) is 0 Å². The van der Waals surface area contributed by atoms with E-state index in [1.54, 1.807) is 0 Å². The van der Waals surface area contributed by atoms with Gasteiger partial charge in [0.15, 0.2) is 0 Å². The molecule has 0 bridgehead atoms. The molecule has 0 amide bonds. The summed E-state index contributed by atoms with van der Waals surface area (Å²) >= 11 is 0. The maximum atomic E-state index is 4.32. The Kier molecular flexibility index (Phi) is 6.00. The van der Waals surface area contributed by atoms with Crippen LogP contribution in [-0.4, -0.2) is 16.1 Å². The minimum atomic E-state index is 0.341. The van der Waals surface area contributed by atoms with Gasteiger partial charge in [-0.05, 0) is 37.4 Å². The van der Waals surface area contributed by atoms with Crippen LogP contribution >= 0.6 is 0 Å². The van der Waals surface area contributed by atoms with Crippen molar-refractivity contribution >= 4 is 0 Å². The van der Waals surface area contributed by atoms with Gasteiger partial charge in [0.05, 0.1) is 6.04 Å². The largest absolute Gasteiger partial charge is 0.333 e. The van der Waals surface area contributed by atoms with E-state index in [1.807, 2.05) is 6.20 Å². The zero-order valence-electron chi connectivity index (χ0n) is 13.5.